The number of ether oxygens (including phenoxy) is 2. The van der Waals surface area contributed by atoms with Gasteiger partial charge in [0.05, 0.1) is 13.2 Å². The quantitative estimate of drug-likeness (QED) is 0.755. The van der Waals surface area contributed by atoms with Gasteiger partial charge in [-0.25, -0.2) is 0 Å². The second-order valence-electron chi connectivity index (χ2n) is 4.67. The second-order valence-corrected chi connectivity index (χ2v) is 5.11. The normalized spacial score (nSPS) is 10.6. The minimum Gasteiger partial charge on any atom is -0.491 e. The highest BCUT2D eigenvalue weighted by atomic mass is 35.5. The molecule has 0 saturated heterocycles. The van der Waals surface area contributed by atoms with E-state index >= 15 is 0 Å². The summed E-state index contributed by atoms with van der Waals surface area (Å²) in [6, 6.07) is 15.7. The van der Waals surface area contributed by atoms with E-state index in [1.807, 2.05) is 49.5 Å². The first-order chi connectivity index (χ1) is 10.3. The fraction of sp³-hybridized carbons (Fsp3) is 0.294. The predicted octanol–water partition coefficient (Wildman–Crippen LogP) is 3.66. The molecular formula is C17H20ClNO2. The fourth-order valence-corrected chi connectivity index (χ4v) is 2.22. The van der Waals surface area contributed by atoms with Gasteiger partial charge in [0.2, 0.25) is 0 Å². The minimum atomic E-state index is 0.529. The molecule has 0 saturated carbocycles. The van der Waals surface area contributed by atoms with Crippen LogP contribution in [0.1, 0.15) is 11.1 Å². The molecule has 0 aromatic heterocycles. The zero-order chi connectivity index (χ0) is 14.9. The summed E-state index contributed by atoms with van der Waals surface area (Å²) in [5.41, 5.74) is 2.22. The highest BCUT2D eigenvalue weighted by Gasteiger charge is 2.01. The van der Waals surface area contributed by atoms with Crippen molar-refractivity contribution < 1.29 is 9.47 Å². The largest absolute Gasteiger partial charge is 0.491 e. The van der Waals surface area contributed by atoms with Crippen LogP contribution in [0.5, 0.6) is 5.75 Å². The van der Waals surface area contributed by atoms with Crippen molar-refractivity contribution in [2.24, 2.45) is 0 Å². The highest BCUT2D eigenvalue weighted by Crippen LogP contribution is 2.17. The van der Waals surface area contributed by atoms with Crippen LogP contribution in [-0.4, -0.2) is 20.3 Å². The van der Waals surface area contributed by atoms with E-state index in [1.165, 1.54) is 0 Å². The maximum atomic E-state index is 5.93. The van der Waals surface area contributed by atoms with Gasteiger partial charge in [0.1, 0.15) is 12.4 Å². The smallest absolute Gasteiger partial charge is 0.123 e. The Balaban J connectivity index is 1.72. The van der Waals surface area contributed by atoms with Crippen molar-refractivity contribution in [2.45, 2.75) is 13.2 Å². The van der Waals surface area contributed by atoms with Crippen LogP contribution >= 0.6 is 11.6 Å². The summed E-state index contributed by atoms with van der Waals surface area (Å²) in [6.07, 6.45) is 0. The number of nitrogens with one attached hydrogen (secondary N) is 1. The summed E-state index contributed by atoms with van der Waals surface area (Å²) >= 11 is 5.93. The van der Waals surface area contributed by atoms with Gasteiger partial charge < -0.3 is 14.8 Å². The molecule has 21 heavy (non-hydrogen) atoms. The van der Waals surface area contributed by atoms with Crippen molar-refractivity contribution in [2.75, 3.05) is 20.3 Å². The average Bonchev–Trinajstić information content (AvgIpc) is 2.49. The average molecular weight is 306 g/mol. The van der Waals surface area contributed by atoms with Gasteiger partial charge in [0, 0.05) is 17.1 Å². The molecule has 0 amide bonds. The van der Waals surface area contributed by atoms with Gasteiger partial charge in [-0.2, -0.15) is 0 Å². The Morgan fingerprint density at radius 2 is 1.90 bits per heavy atom. The lowest BCUT2D eigenvalue weighted by Crippen LogP contribution is -2.10. The molecule has 0 spiro atoms. The molecule has 0 aliphatic rings. The Bertz CT molecular complexity index is 560. The van der Waals surface area contributed by atoms with Crippen molar-refractivity contribution >= 4 is 11.6 Å². The molecule has 0 bridgehead atoms. The maximum absolute atomic E-state index is 5.93. The van der Waals surface area contributed by atoms with Crippen molar-refractivity contribution in [1.82, 2.24) is 5.32 Å². The number of hydrogen-bond donors (Lipinski definition) is 1. The van der Waals surface area contributed by atoms with Crippen LogP contribution in [0.3, 0.4) is 0 Å². The molecule has 2 aromatic rings. The molecule has 3 nitrogen and oxygen atoms in total. The third kappa shape index (κ3) is 5.38. The lowest BCUT2D eigenvalue weighted by Gasteiger charge is -2.11. The van der Waals surface area contributed by atoms with Crippen LogP contribution in [0.15, 0.2) is 48.5 Å². The Morgan fingerprint density at radius 1 is 1.05 bits per heavy atom. The number of halogens is 1. The zero-order valence-electron chi connectivity index (χ0n) is 12.1. The molecule has 0 atom stereocenters. The van der Waals surface area contributed by atoms with Crippen LogP contribution in [0.25, 0.3) is 0 Å². The fourth-order valence-electron chi connectivity index (χ4n) is 2.01. The van der Waals surface area contributed by atoms with E-state index in [4.69, 9.17) is 21.1 Å². The Morgan fingerprint density at radius 3 is 2.71 bits per heavy atom. The number of para-hydroxylation sites is 1. The molecule has 0 fully saturated rings. The standard InChI is InChI=1S/C17H20ClNO2/c1-19-12-15-6-2-3-8-17(15)21-10-9-20-13-14-5-4-7-16(18)11-14/h2-8,11,19H,9-10,12-13H2,1H3. The number of benzene rings is 2. The van der Waals surface area contributed by atoms with Crippen LogP contribution in [0.4, 0.5) is 0 Å². The van der Waals surface area contributed by atoms with Crippen molar-refractivity contribution in [1.29, 1.82) is 0 Å². The lowest BCUT2D eigenvalue weighted by molar-refractivity contribution is 0.0886. The molecule has 112 valence electrons. The highest BCUT2D eigenvalue weighted by molar-refractivity contribution is 6.30. The van der Waals surface area contributed by atoms with Gasteiger partial charge in [-0.3, -0.25) is 0 Å². The topological polar surface area (TPSA) is 30.5 Å². The first-order valence-corrected chi connectivity index (χ1v) is 7.35. The van der Waals surface area contributed by atoms with E-state index in [0.29, 0.717) is 19.8 Å². The molecular weight excluding hydrogens is 286 g/mol. The summed E-state index contributed by atoms with van der Waals surface area (Å²) < 4.78 is 11.4. The van der Waals surface area contributed by atoms with Crippen LogP contribution in [-0.2, 0) is 17.9 Å². The molecule has 4 heteroatoms. The van der Waals surface area contributed by atoms with E-state index in [1.54, 1.807) is 0 Å². The van der Waals surface area contributed by atoms with Gasteiger partial charge >= 0.3 is 0 Å². The van der Waals surface area contributed by atoms with Gasteiger partial charge in [-0.1, -0.05) is 41.9 Å². The van der Waals surface area contributed by atoms with Crippen molar-refractivity contribution in [3.8, 4) is 5.75 Å². The molecule has 0 aliphatic heterocycles. The van der Waals surface area contributed by atoms with Gasteiger partial charge in [0.15, 0.2) is 0 Å². The monoisotopic (exact) mass is 305 g/mol. The molecule has 0 heterocycles. The van der Waals surface area contributed by atoms with Crippen LogP contribution < -0.4 is 10.1 Å². The maximum Gasteiger partial charge on any atom is 0.123 e. The predicted molar refractivity (Wildman–Crippen MR) is 85.8 cm³/mol. The molecule has 2 rings (SSSR count). The summed E-state index contributed by atoms with van der Waals surface area (Å²) in [7, 11) is 1.92. The summed E-state index contributed by atoms with van der Waals surface area (Å²) in [5.74, 6) is 0.901. The Kier molecular flexibility index (Phi) is 6.54. The summed E-state index contributed by atoms with van der Waals surface area (Å²) in [4.78, 5) is 0. The van der Waals surface area contributed by atoms with Crippen molar-refractivity contribution in [3.63, 3.8) is 0 Å². The first-order valence-electron chi connectivity index (χ1n) is 6.97. The SMILES string of the molecule is CNCc1ccccc1OCCOCc1cccc(Cl)c1. The second kappa shape index (κ2) is 8.67. The summed E-state index contributed by atoms with van der Waals surface area (Å²) in [6.45, 7) is 2.41. The van der Waals surface area contributed by atoms with Crippen molar-refractivity contribution in [3.05, 3.63) is 64.7 Å². The Hall–Kier alpha value is -1.55. The Labute approximate surface area is 130 Å². The molecule has 0 aliphatic carbocycles. The van der Waals surface area contributed by atoms with E-state index in [0.717, 1.165) is 28.4 Å². The number of rotatable bonds is 8. The summed E-state index contributed by atoms with van der Waals surface area (Å²) in [5, 5.41) is 3.86. The minimum absolute atomic E-state index is 0.529. The lowest BCUT2D eigenvalue weighted by atomic mass is 10.2. The van der Waals surface area contributed by atoms with Gasteiger partial charge in [-0.05, 0) is 30.8 Å². The molecule has 0 radical (unpaired) electrons. The van der Waals surface area contributed by atoms with Gasteiger partial charge in [0.25, 0.3) is 0 Å². The van der Waals surface area contributed by atoms with E-state index in [9.17, 15) is 0 Å². The zero-order valence-corrected chi connectivity index (χ0v) is 12.9. The number of hydrogen-bond acceptors (Lipinski definition) is 3. The molecule has 0 unspecified atom stereocenters. The van der Waals surface area contributed by atoms with E-state index in [2.05, 4.69) is 11.4 Å². The third-order valence-corrected chi connectivity index (χ3v) is 3.22. The van der Waals surface area contributed by atoms with Crippen LogP contribution in [0, 0.1) is 0 Å². The molecule has 2 aromatic carbocycles. The third-order valence-electron chi connectivity index (χ3n) is 2.98. The molecule has 1 N–H and O–H groups in total. The first kappa shape index (κ1) is 15.8. The van der Waals surface area contributed by atoms with Gasteiger partial charge in [-0.15, -0.1) is 0 Å². The van der Waals surface area contributed by atoms with Crippen LogP contribution in [0.2, 0.25) is 5.02 Å². The van der Waals surface area contributed by atoms with E-state index < -0.39 is 0 Å². The van der Waals surface area contributed by atoms with E-state index in [-0.39, 0.29) is 0 Å².